The molecule has 0 radical (unpaired) electrons. The summed E-state index contributed by atoms with van der Waals surface area (Å²) in [5.74, 6) is -3.70. The monoisotopic (exact) mass is 530 g/mol. The van der Waals surface area contributed by atoms with Gasteiger partial charge in [-0.2, -0.15) is 0 Å². The average molecular weight is 531 g/mol. The molecular weight excluding hydrogens is 500 g/mol. The quantitative estimate of drug-likeness (QED) is 0.353. The Morgan fingerprint density at radius 1 is 1.29 bits per heavy atom. The predicted octanol–water partition coefficient (Wildman–Crippen LogP) is 0.124. The van der Waals surface area contributed by atoms with Crippen LogP contribution in [0.15, 0.2) is 24.0 Å². The van der Waals surface area contributed by atoms with Gasteiger partial charge < -0.3 is 39.7 Å². The number of likely N-dealkylation sites (N-methyl/N-ethyl adjacent to an activating group) is 1. The number of rotatable bonds is 7. The van der Waals surface area contributed by atoms with Crippen molar-refractivity contribution in [2.24, 2.45) is 0 Å². The van der Waals surface area contributed by atoms with E-state index >= 15 is 0 Å². The summed E-state index contributed by atoms with van der Waals surface area (Å²) >= 11 is 0. The number of hydrogen-bond acceptors (Lipinski definition) is 10. The van der Waals surface area contributed by atoms with E-state index in [4.69, 9.17) is 14.2 Å². The molecule has 1 aromatic rings. The van der Waals surface area contributed by atoms with E-state index in [1.165, 1.54) is 6.92 Å². The number of nitrogens with zero attached hydrogens (tertiary/aromatic N) is 1. The molecule has 204 valence electrons. The molecule has 4 N–H and O–H groups in total. The molecule has 1 spiro atoms. The van der Waals surface area contributed by atoms with Crippen LogP contribution in [0, 0.1) is 0 Å². The van der Waals surface area contributed by atoms with Gasteiger partial charge in [0.15, 0.2) is 23.7 Å². The van der Waals surface area contributed by atoms with Gasteiger partial charge in [-0.25, -0.2) is 4.79 Å². The van der Waals surface area contributed by atoms with E-state index in [9.17, 15) is 34.5 Å². The number of benzene rings is 1. The summed E-state index contributed by atoms with van der Waals surface area (Å²) in [7, 11) is 1.95. The number of likely N-dealkylation sites (tertiary alicyclic amines) is 1. The first-order chi connectivity index (χ1) is 17.9. The molecule has 0 unspecified atom stereocenters. The lowest BCUT2D eigenvalue weighted by atomic mass is 9.50. The summed E-state index contributed by atoms with van der Waals surface area (Å²) < 4.78 is 16.6. The highest BCUT2D eigenvalue weighted by Crippen LogP contribution is 2.65. The summed E-state index contributed by atoms with van der Waals surface area (Å²) in [6.07, 6.45) is -0.0615. The summed E-state index contributed by atoms with van der Waals surface area (Å²) in [6, 6.07) is 1.53. The number of esters is 2. The lowest BCUT2D eigenvalue weighted by Gasteiger charge is -2.61. The van der Waals surface area contributed by atoms with Crippen molar-refractivity contribution in [2.45, 2.75) is 74.8 Å². The lowest BCUT2D eigenvalue weighted by Crippen LogP contribution is -2.74. The Morgan fingerprint density at radius 2 is 2.03 bits per heavy atom. The number of carboxylic acids is 1. The largest absolute Gasteiger partial charge is 0.504 e. The van der Waals surface area contributed by atoms with Gasteiger partial charge in [-0.15, -0.1) is 0 Å². The number of aliphatic carboxylic acids is 1. The highest BCUT2D eigenvalue weighted by atomic mass is 16.6. The molecular formula is C26H30N2O10. The molecule has 12 nitrogen and oxygen atoms in total. The minimum atomic E-state index is -1.63. The normalized spacial score (nSPS) is 30.2. The number of carboxylic acid groups (broad SMARTS) is 1. The van der Waals surface area contributed by atoms with E-state index in [1.807, 2.05) is 13.1 Å². The van der Waals surface area contributed by atoms with E-state index in [2.05, 4.69) is 10.2 Å². The number of ether oxygens (including phenoxy) is 3. The fourth-order valence-electron chi connectivity index (χ4n) is 6.57. The maximum atomic E-state index is 12.9. The Balaban J connectivity index is 1.40. The number of amides is 1. The SMILES string of the molecule is CC(=O)O[C@@H](C)C(=O)N[C@@H](CC(=O)OC1=CC[C@@]2(O)[C@H]3Cc4ccc(O)c5c4[C@@]2(CCN3C)[C@H]1O5)C(=O)O. The number of carbonyl (C=O) groups is 4. The Kier molecular flexibility index (Phi) is 6.14. The minimum Gasteiger partial charge on any atom is -0.504 e. The molecule has 4 aliphatic rings. The molecule has 0 aromatic heterocycles. The predicted molar refractivity (Wildman–Crippen MR) is 128 cm³/mol. The minimum absolute atomic E-state index is 0.0755. The van der Waals surface area contributed by atoms with Crippen LogP contribution in [-0.2, 0) is 40.5 Å². The van der Waals surface area contributed by atoms with Crippen molar-refractivity contribution in [3.8, 4) is 11.5 Å². The molecule has 38 heavy (non-hydrogen) atoms. The molecule has 5 rings (SSSR count). The Labute approximate surface area is 218 Å². The second kappa shape index (κ2) is 8.98. The standard InChI is InChI=1S/C26H30N2O10/c1-12(36-13(2)29)23(32)27-15(24(33)34)11-19(31)37-17-6-7-26(35)18-10-14-4-5-16(30)21-20(14)25(26,22(17)38-21)8-9-28(18)3/h4-6,12,15,18,22,30,35H,7-11H2,1-3H3,(H,27,32)(H,33,34)/t12-,15-,18+,22-,25-,26+/m0/s1. The second-order valence-corrected chi connectivity index (χ2v) is 10.4. The van der Waals surface area contributed by atoms with Crippen LogP contribution in [0.3, 0.4) is 0 Å². The molecule has 1 aromatic carbocycles. The molecule has 2 aliphatic heterocycles. The summed E-state index contributed by atoms with van der Waals surface area (Å²) in [4.78, 5) is 50.1. The Morgan fingerprint density at radius 3 is 2.71 bits per heavy atom. The number of phenolic OH excluding ortho intramolecular Hbond substituents is 1. The van der Waals surface area contributed by atoms with Crippen LogP contribution >= 0.6 is 0 Å². The molecule has 1 amide bonds. The van der Waals surface area contributed by atoms with Crippen molar-refractivity contribution in [3.63, 3.8) is 0 Å². The smallest absolute Gasteiger partial charge is 0.326 e. The van der Waals surface area contributed by atoms with Gasteiger partial charge >= 0.3 is 17.9 Å². The van der Waals surface area contributed by atoms with Crippen molar-refractivity contribution < 1.29 is 48.7 Å². The first kappa shape index (κ1) is 26.0. The Bertz CT molecular complexity index is 1260. The number of aromatic hydroxyl groups is 1. The van der Waals surface area contributed by atoms with E-state index in [1.54, 1.807) is 12.1 Å². The molecule has 6 atom stereocenters. The fourth-order valence-corrected chi connectivity index (χ4v) is 6.57. The average Bonchev–Trinajstić information content (AvgIpc) is 3.20. The first-order valence-corrected chi connectivity index (χ1v) is 12.4. The van der Waals surface area contributed by atoms with E-state index < -0.39 is 59.5 Å². The Hall–Kier alpha value is -3.64. The van der Waals surface area contributed by atoms with Gasteiger partial charge in [0.25, 0.3) is 5.91 Å². The van der Waals surface area contributed by atoms with E-state index in [0.717, 1.165) is 18.1 Å². The van der Waals surface area contributed by atoms with Crippen LogP contribution in [0.5, 0.6) is 11.5 Å². The first-order valence-electron chi connectivity index (χ1n) is 12.4. The van der Waals surface area contributed by atoms with Gasteiger partial charge in [-0.3, -0.25) is 14.4 Å². The number of carbonyl (C=O) groups excluding carboxylic acids is 3. The number of piperidine rings is 1. The highest BCUT2D eigenvalue weighted by molar-refractivity contribution is 5.89. The zero-order valence-corrected chi connectivity index (χ0v) is 21.2. The maximum Gasteiger partial charge on any atom is 0.326 e. The van der Waals surface area contributed by atoms with Crippen LogP contribution in [0.4, 0.5) is 0 Å². The van der Waals surface area contributed by atoms with Crippen LogP contribution in [0.25, 0.3) is 0 Å². The van der Waals surface area contributed by atoms with Crippen molar-refractivity contribution in [3.05, 3.63) is 35.1 Å². The summed E-state index contributed by atoms with van der Waals surface area (Å²) in [5.41, 5.74) is -0.525. The van der Waals surface area contributed by atoms with Gasteiger partial charge in [0, 0.05) is 24.9 Å². The molecule has 0 saturated carbocycles. The third-order valence-corrected chi connectivity index (χ3v) is 8.28. The van der Waals surface area contributed by atoms with Crippen molar-refractivity contribution >= 4 is 23.8 Å². The van der Waals surface area contributed by atoms with Crippen LogP contribution in [0.2, 0.25) is 0 Å². The summed E-state index contributed by atoms with van der Waals surface area (Å²) in [6.45, 7) is 3.04. The van der Waals surface area contributed by atoms with Gasteiger partial charge in [-0.05, 0) is 51.1 Å². The van der Waals surface area contributed by atoms with Crippen molar-refractivity contribution in [2.75, 3.05) is 13.6 Å². The van der Waals surface area contributed by atoms with Gasteiger partial charge in [0.2, 0.25) is 0 Å². The number of nitrogens with one attached hydrogen (secondary N) is 1. The number of aliphatic hydroxyl groups is 1. The molecule has 1 saturated heterocycles. The van der Waals surface area contributed by atoms with Crippen molar-refractivity contribution in [1.29, 1.82) is 0 Å². The topological polar surface area (TPSA) is 172 Å². The van der Waals surface area contributed by atoms with Gasteiger partial charge in [0.05, 0.1) is 17.4 Å². The zero-order valence-electron chi connectivity index (χ0n) is 21.2. The zero-order chi connectivity index (χ0) is 27.6. The van der Waals surface area contributed by atoms with Crippen LogP contribution in [-0.4, -0.2) is 87.5 Å². The van der Waals surface area contributed by atoms with Crippen molar-refractivity contribution in [1.82, 2.24) is 10.2 Å². The van der Waals surface area contributed by atoms with E-state index in [0.29, 0.717) is 19.4 Å². The van der Waals surface area contributed by atoms with Crippen LogP contribution < -0.4 is 10.1 Å². The van der Waals surface area contributed by atoms with E-state index in [-0.39, 0.29) is 29.7 Å². The summed E-state index contributed by atoms with van der Waals surface area (Å²) in [5, 5.41) is 34.4. The van der Waals surface area contributed by atoms with Gasteiger partial charge in [-0.1, -0.05) is 6.07 Å². The highest BCUT2D eigenvalue weighted by Gasteiger charge is 2.72. The number of phenols is 1. The molecule has 2 bridgehead atoms. The third kappa shape index (κ3) is 3.73. The molecule has 12 heteroatoms. The van der Waals surface area contributed by atoms with Crippen LogP contribution in [0.1, 0.15) is 44.2 Å². The molecule has 2 aliphatic carbocycles. The third-order valence-electron chi connectivity index (χ3n) is 8.28. The fraction of sp³-hybridized carbons (Fsp3) is 0.538. The number of hydrogen-bond donors (Lipinski definition) is 4. The second-order valence-electron chi connectivity index (χ2n) is 10.4. The molecule has 1 fully saturated rings. The molecule has 2 heterocycles. The maximum absolute atomic E-state index is 12.9. The lowest BCUT2D eigenvalue weighted by molar-refractivity contribution is -0.170. The van der Waals surface area contributed by atoms with Gasteiger partial charge in [0.1, 0.15) is 11.8 Å².